The van der Waals surface area contributed by atoms with E-state index in [1.54, 1.807) is 0 Å². The van der Waals surface area contributed by atoms with Gasteiger partial charge >= 0.3 is 5.97 Å². The zero-order valence-corrected chi connectivity index (χ0v) is 14.0. The number of nitrogens with two attached hydrogens (primary N) is 1. The molecule has 0 bridgehead atoms. The van der Waals surface area contributed by atoms with Gasteiger partial charge in [-0.3, -0.25) is 0 Å². The third-order valence-corrected chi connectivity index (χ3v) is 4.26. The summed E-state index contributed by atoms with van der Waals surface area (Å²) in [7, 11) is 0. The largest absolute Gasteiger partial charge is 0.478 e. The van der Waals surface area contributed by atoms with Crippen LogP contribution in [0.2, 0.25) is 15.1 Å². The van der Waals surface area contributed by atoms with Gasteiger partial charge in [-0.25, -0.2) is 4.79 Å². The number of carboxylic acid groups (broad SMARTS) is 1. The quantitative estimate of drug-likeness (QED) is 0.518. The van der Waals surface area contributed by atoms with E-state index >= 15 is 0 Å². The first-order valence-corrected chi connectivity index (χ1v) is 7.37. The molecule has 2 rings (SSSR count). The normalized spacial score (nSPS) is 10.5. The summed E-state index contributed by atoms with van der Waals surface area (Å²) >= 11 is 21.2. The van der Waals surface area contributed by atoms with Crippen LogP contribution >= 0.6 is 50.7 Å². The number of ether oxygens (including phenoxy) is 1. The molecule has 110 valence electrons. The van der Waals surface area contributed by atoms with E-state index in [9.17, 15) is 9.90 Å². The van der Waals surface area contributed by atoms with Crippen LogP contribution in [0.3, 0.4) is 0 Å². The van der Waals surface area contributed by atoms with E-state index in [4.69, 9.17) is 45.3 Å². The SMILES string of the molecule is Nc1cc(Cl)c(Oc2cc(Cl)c(Br)cc2Cl)c(C(=O)O)c1. The molecular formula is C13H7BrCl3NO3. The van der Waals surface area contributed by atoms with Gasteiger partial charge in [-0.05, 0) is 34.1 Å². The number of halogens is 4. The van der Waals surface area contributed by atoms with Crippen molar-refractivity contribution in [3.8, 4) is 11.5 Å². The Morgan fingerprint density at radius 1 is 1.10 bits per heavy atom. The van der Waals surface area contributed by atoms with E-state index in [0.29, 0.717) is 9.50 Å². The van der Waals surface area contributed by atoms with Crippen LogP contribution in [0.15, 0.2) is 28.7 Å². The Morgan fingerprint density at radius 3 is 2.38 bits per heavy atom. The van der Waals surface area contributed by atoms with Gasteiger partial charge in [0.2, 0.25) is 0 Å². The fraction of sp³-hybridized carbons (Fsp3) is 0. The van der Waals surface area contributed by atoms with Gasteiger partial charge in [-0.2, -0.15) is 0 Å². The predicted octanol–water partition coefficient (Wildman–Crippen LogP) is 5.48. The van der Waals surface area contributed by atoms with Crippen LogP contribution in [0.25, 0.3) is 0 Å². The van der Waals surface area contributed by atoms with Gasteiger partial charge in [-0.1, -0.05) is 34.8 Å². The summed E-state index contributed by atoms with van der Waals surface area (Å²) in [5.74, 6) is -1.10. The summed E-state index contributed by atoms with van der Waals surface area (Å²) in [6, 6.07) is 5.62. The first-order valence-electron chi connectivity index (χ1n) is 5.44. The van der Waals surface area contributed by atoms with Gasteiger partial charge in [0.05, 0.1) is 15.1 Å². The second-order valence-electron chi connectivity index (χ2n) is 3.98. The standard InChI is InChI=1S/C13H7BrCl3NO3/c14-7-3-9(16)11(4-8(7)15)21-12-6(13(19)20)1-5(18)2-10(12)17/h1-4H,18H2,(H,19,20). The van der Waals surface area contributed by atoms with E-state index in [2.05, 4.69) is 15.9 Å². The first kappa shape index (κ1) is 16.2. The Morgan fingerprint density at radius 2 is 1.76 bits per heavy atom. The molecular weight excluding hydrogens is 404 g/mol. The number of nitrogen functional groups attached to an aromatic ring is 1. The number of hydrogen-bond acceptors (Lipinski definition) is 3. The Kier molecular flexibility index (Phi) is 4.88. The second kappa shape index (κ2) is 6.32. The molecule has 0 saturated carbocycles. The molecule has 0 aromatic heterocycles. The van der Waals surface area contributed by atoms with Crippen molar-refractivity contribution in [3.63, 3.8) is 0 Å². The molecule has 0 fully saturated rings. The molecule has 0 saturated heterocycles. The Balaban J connectivity index is 2.54. The summed E-state index contributed by atoms with van der Waals surface area (Å²) in [4.78, 5) is 11.3. The molecule has 0 radical (unpaired) electrons. The number of anilines is 1. The van der Waals surface area contributed by atoms with Crippen LogP contribution in [0.1, 0.15) is 10.4 Å². The first-order chi connectivity index (χ1) is 9.79. The van der Waals surface area contributed by atoms with Gasteiger partial charge in [0.1, 0.15) is 11.3 Å². The molecule has 0 atom stereocenters. The third kappa shape index (κ3) is 3.55. The summed E-state index contributed by atoms with van der Waals surface area (Å²) in [5, 5.41) is 9.86. The maximum absolute atomic E-state index is 11.3. The summed E-state index contributed by atoms with van der Waals surface area (Å²) in [6.45, 7) is 0. The van der Waals surface area contributed by atoms with E-state index in [1.807, 2.05) is 0 Å². The average molecular weight is 411 g/mol. The van der Waals surface area contributed by atoms with Gasteiger partial charge in [0.25, 0.3) is 0 Å². The highest BCUT2D eigenvalue weighted by Crippen LogP contribution is 2.40. The highest BCUT2D eigenvalue weighted by atomic mass is 79.9. The van der Waals surface area contributed by atoms with E-state index < -0.39 is 5.97 Å². The molecule has 21 heavy (non-hydrogen) atoms. The maximum Gasteiger partial charge on any atom is 0.339 e. The van der Waals surface area contributed by atoms with Gasteiger partial charge in [-0.15, -0.1) is 0 Å². The summed E-state index contributed by atoms with van der Waals surface area (Å²) < 4.78 is 6.10. The monoisotopic (exact) mass is 409 g/mol. The number of carboxylic acids is 1. The fourth-order valence-electron chi connectivity index (χ4n) is 1.57. The molecule has 0 spiro atoms. The van der Waals surface area contributed by atoms with Crippen molar-refractivity contribution in [2.75, 3.05) is 5.73 Å². The number of hydrogen-bond donors (Lipinski definition) is 2. The molecule has 0 aliphatic carbocycles. The molecule has 0 heterocycles. The Bertz CT molecular complexity index is 737. The van der Waals surface area contributed by atoms with Crippen molar-refractivity contribution in [1.29, 1.82) is 0 Å². The minimum Gasteiger partial charge on any atom is -0.478 e. The second-order valence-corrected chi connectivity index (χ2v) is 6.06. The van der Waals surface area contributed by atoms with E-state index in [-0.39, 0.29) is 32.8 Å². The van der Waals surface area contributed by atoms with Crippen molar-refractivity contribution in [1.82, 2.24) is 0 Å². The minimum absolute atomic E-state index is 0.0568. The van der Waals surface area contributed by atoms with Crippen LogP contribution in [0.5, 0.6) is 11.5 Å². The lowest BCUT2D eigenvalue weighted by Gasteiger charge is -2.13. The smallest absolute Gasteiger partial charge is 0.339 e. The van der Waals surface area contributed by atoms with Crippen molar-refractivity contribution in [3.05, 3.63) is 49.4 Å². The topological polar surface area (TPSA) is 72.5 Å². The number of carbonyl (C=O) groups is 1. The molecule has 2 aromatic rings. The number of benzene rings is 2. The minimum atomic E-state index is -1.22. The zero-order valence-electron chi connectivity index (χ0n) is 10.2. The number of rotatable bonds is 3. The van der Waals surface area contributed by atoms with Crippen molar-refractivity contribution in [2.45, 2.75) is 0 Å². The molecule has 2 aromatic carbocycles. The predicted molar refractivity (Wildman–Crippen MR) is 87.1 cm³/mol. The van der Waals surface area contributed by atoms with Crippen LogP contribution in [0, 0.1) is 0 Å². The van der Waals surface area contributed by atoms with Crippen LogP contribution in [-0.4, -0.2) is 11.1 Å². The summed E-state index contributed by atoms with van der Waals surface area (Å²) in [6.07, 6.45) is 0. The zero-order chi connectivity index (χ0) is 15.7. The highest BCUT2D eigenvalue weighted by Gasteiger charge is 2.19. The van der Waals surface area contributed by atoms with Gasteiger partial charge in [0.15, 0.2) is 5.75 Å². The van der Waals surface area contributed by atoms with Crippen molar-refractivity contribution >= 4 is 62.4 Å². The molecule has 0 unspecified atom stereocenters. The van der Waals surface area contributed by atoms with Gasteiger partial charge < -0.3 is 15.6 Å². The Labute approximate surface area is 143 Å². The van der Waals surface area contributed by atoms with Crippen molar-refractivity contribution in [2.24, 2.45) is 0 Å². The molecule has 3 N–H and O–H groups in total. The Hall–Kier alpha value is -1.14. The molecule has 0 aliphatic rings. The van der Waals surface area contributed by atoms with Crippen molar-refractivity contribution < 1.29 is 14.6 Å². The summed E-state index contributed by atoms with van der Waals surface area (Å²) in [5.41, 5.74) is 5.62. The third-order valence-electron chi connectivity index (χ3n) is 2.48. The van der Waals surface area contributed by atoms with Gasteiger partial charge in [0, 0.05) is 16.2 Å². The molecule has 0 amide bonds. The lowest BCUT2D eigenvalue weighted by atomic mass is 10.2. The molecule has 0 aliphatic heterocycles. The number of aromatic carboxylic acids is 1. The van der Waals surface area contributed by atoms with Crippen LogP contribution in [-0.2, 0) is 0 Å². The van der Waals surface area contributed by atoms with E-state index in [0.717, 1.165) is 0 Å². The lowest BCUT2D eigenvalue weighted by Crippen LogP contribution is -2.02. The maximum atomic E-state index is 11.3. The van der Waals surface area contributed by atoms with Crippen LogP contribution < -0.4 is 10.5 Å². The molecule has 8 heteroatoms. The fourth-order valence-corrected chi connectivity index (χ4v) is 2.67. The lowest BCUT2D eigenvalue weighted by molar-refractivity contribution is 0.0694. The van der Waals surface area contributed by atoms with Crippen LogP contribution in [0.4, 0.5) is 5.69 Å². The average Bonchev–Trinajstić information content (AvgIpc) is 2.38. The van der Waals surface area contributed by atoms with E-state index in [1.165, 1.54) is 24.3 Å². The molecule has 4 nitrogen and oxygen atoms in total. The highest BCUT2D eigenvalue weighted by molar-refractivity contribution is 9.10.